The van der Waals surface area contributed by atoms with Gasteiger partial charge in [-0.3, -0.25) is 9.63 Å². The van der Waals surface area contributed by atoms with E-state index in [4.69, 9.17) is 9.57 Å². The third kappa shape index (κ3) is 2.03. The van der Waals surface area contributed by atoms with Gasteiger partial charge in [0.15, 0.2) is 5.60 Å². The fourth-order valence-electron chi connectivity index (χ4n) is 3.83. The second-order valence-corrected chi connectivity index (χ2v) is 7.03. The van der Waals surface area contributed by atoms with Crippen LogP contribution in [0.3, 0.4) is 0 Å². The number of fused-ring (bicyclic) bond motifs is 1. The molecule has 0 amide bonds. The first kappa shape index (κ1) is 15.4. The smallest absolute Gasteiger partial charge is 0.204 e. The molecule has 0 aromatic heterocycles. The highest BCUT2D eigenvalue weighted by atomic mass is 16.7. The molecule has 4 rings (SSSR count). The van der Waals surface area contributed by atoms with E-state index in [1.165, 1.54) is 0 Å². The van der Waals surface area contributed by atoms with E-state index in [2.05, 4.69) is 12.1 Å². The molecule has 2 aliphatic rings. The van der Waals surface area contributed by atoms with Crippen LogP contribution < -0.4 is 4.74 Å². The van der Waals surface area contributed by atoms with Gasteiger partial charge in [0.2, 0.25) is 5.78 Å². The normalized spacial score (nSPS) is 28.6. The number of ether oxygens (including phenoxy) is 1. The van der Waals surface area contributed by atoms with Crippen molar-refractivity contribution in [1.29, 1.82) is 0 Å². The predicted octanol–water partition coefficient (Wildman–Crippen LogP) is 3.79. The van der Waals surface area contributed by atoms with E-state index in [0.717, 1.165) is 5.56 Å². The summed E-state index contributed by atoms with van der Waals surface area (Å²) in [5, 5.41) is 1.80. The van der Waals surface area contributed by atoms with Gasteiger partial charge in [0.05, 0.1) is 11.6 Å². The maximum absolute atomic E-state index is 13.3. The summed E-state index contributed by atoms with van der Waals surface area (Å²) in [4.78, 5) is 19.5. The van der Waals surface area contributed by atoms with Gasteiger partial charge in [0.1, 0.15) is 11.4 Å². The summed E-state index contributed by atoms with van der Waals surface area (Å²) in [5.41, 5.74) is -0.0365. The van der Waals surface area contributed by atoms with Crippen molar-refractivity contribution in [3.63, 3.8) is 0 Å². The van der Waals surface area contributed by atoms with Gasteiger partial charge >= 0.3 is 0 Å². The molecule has 2 heterocycles. The zero-order valence-electron chi connectivity index (χ0n) is 14.2. The van der Waals surface area contributed by atoms with E-state index in [-0.39, 0.29) is 11.8 Å². The fourth-order valence-corrected chi connectivity index (χ4v) is 3.83. The molecule has 1 saturated heterocycles. The third-order valence-corrected chi connectivity index (χ3v) is 5.24. The highest BCUT2D eigenvalue weighted by Gasteiger charge is 2.63. The molecule has 1 spiro atoms. The SMILES string of the molecule is CN1O[C@]2(C[C@@H]1c1ccccc1)C(=O)c1ccccc1OC2(C)C. The Morgan fingerprint density at radius 2 is 1.71 bits per heavy atom. The molecular weight excluding hydrogens is 302 g/mol. The lowest BCUT2D eigenvalue weighted by Gasteiger charge is -2.45. The highest BCUT2D eigenvalue weighted by molar-refractivity contribution is 6.06. The van der Waals surface area contributed by atoms with Crippen LogP contribution >= 0.6 is 0 Å². The first-order valence-electron chi connectivity index (χ1n) is 8.24. The van der Waals surface area contributed by atoms with E-state index in [1.54, 1.807) is 5.06 Å². The second-order valence-electron chi connectivity index (χ2n) is 7.03. The molecule has 2 aliphatic heterocycles. The van der Waals surface area contributed by atoms with E-state index in [9.17, 15) is 4.79 Å². The van der Waals surface area contributed by atoms with Crippen molar-refractivity contribution in [2.45, 2.75) is 37.5 Å². The molecule has 2 atom stereocenters. The van der Waals surface area contributed by atoms with Crippen LogP contribution in [0.5, 0.6) is 5.75 Å². The first-order chi connectivity index (χ1) is 11.4. The van der Waals surface area contributed by atoms with Gasteiger partial charge in [-0.25, -0.2) is 0 Å². The van der Waals surface area contributed by atoms with Crippen LogP contribution in [0, 0.1) is 0 Å². The van der Waals surface area contributed by atoms with E-state index in [0.29, 0.717) is 17.7 Å². The Morgan fingerprint density at radius 1 is 1.04 bits per heavy atom. The summed E-state index contributed by atoms with van der Waals surface area (Å²) in [6.45, 7) is 3.87. The largest absolute Gasteiger partial charge is 0.483 e. The Morgan fingerprint density at radius 3 is 2.46 bits per heavy atom. The number of carbonyl (C=O) groups is 1. The van der Waals surface area contributed by atoms with Crippen molar-refractivity contribution in [2.24, 2.45) is 0 Å². The molecule has 1 fully saturated rings. The van der Waals surface area contributed by atoms with Crippen LogP contribution in [0.25, 0.3) is 0 Å². The number of ketones is 1. The molecule has 0 bridgehead atoms. The highest BCUT2D eigenvalue weighted by Crippen LogP contribution is 2.51. The monoisotopic (exact) mass is 323 g/mol. The quantitative estimate of drug-likeness (QED) is 0.800. The Kier molecular flexibility index (Phi) is 3.31. The van der Waals surface area contributed by atoms with Gasteiger partial charge in [0, 0.05) is 13.5 Å². The standard InChI is InChI=1S/C20H21NO3/c1-19(2)20(18(22)15-11-7-8-12-17(15)23-19)13-16(21(3)24-20)14-9-5-4-6-10-14/h4-12,16H,13H2,1-3H3/t16-,20-/m1/s1. The number of hydroxylamine groups is 2. The maximum atomic E-state index is 13.3. The topological polar surface area (TPSA) is 38.8 Å². The number of para-hydroxylation sites is 1. The summed E-state index contributed by atoms with van der Waals surface area (Å²) < 4.78 is 6.19. The fraction of sp³-hybridized carbons (Fsp3) is 0.350. The minimum atomic E-state index is -1.02. The Labute approximate surface area is 141 Å². The Hall–Kier alpha value is -2.17. The minimum Gasteiger partial charge on any atom is -0.483 e. The summed E-state index contributed by atoms with van der Waals surface area (Å²) in [7, 11) is 1.89. The first-order valence-corrected chi connectivity index (χ1v) is 8.24. The molecule has 2 aromatic rings. The molecule has 0 aliphatic carbocycles. The van der Waals surface area contributed by atoms with Gasteiger partial charge in [-0.1, -0.05) is 42.5 Å². The van der Waals surface area contributed by atoms with E-state index in [1.807, 2.05) is 63.4 Å². The summed E-state index contributed by atoms with van der Waals surface area (Å²) in [6.07, 6.45) is 0.563. The Bertz CT molecular complexity index is 786. The zero-order chi connectivity index (χ0) is 16.9. The molecule has 24 heavy (non-hydrogen) atoms. The lowest BCUT2D eigenvalue weighted by atomic mass is 9.73. The summed E-state index contributed by atoms with van der Waals surface area (Å²) in [6, 6.07) is 17.6. The lowest BCUT2D eigenvalue weighted by Crippen LogP contribution is -2.61. The number of benzene rings is 2. The minimum absolute atomic E-state index is 0.000342. The number of nitrogens with zero attached hydrogens (tertiary/aromatic N) is 1. The van der Waals surface area contributed by atoms with Crippen LogP contribution in [0.1, 0.15) is 42.2 Å². The van der Waals surface area contributed by atoms with Crippen molar-refractivity contribution in [2.75, 3.05) is 7.05 Å². The third-order valence-electron chi connectivity index (χ3n) is 5.24. The molecule has 0 unspecified atom stereocenters. The molecule has 4 heteroatoms. The van der Waals surface area contributed by atoms with Gasteiger partial charge in [-0.15, -0.1) is 0 Å². The summed E-state index contributed by atoms with van der Waals surface area (Å²) >= 11 is 0. The van der Waals surface area contributed by atoms with Crippen molar-refractivity contribution in [3.8, 4) is 5.75 Å². The van der Waals surface area contributed by atoms with Crippen LogP contribution in [-0.4, -0.2) is 29.1 Å². The maximum Gasteiger partial charge on any atom is 0.204 e. The molecule has 0 N–H and O–H groups in total. The van der Waals surface area contributed by atoms with Crippen LogP contribution in [0.4, 0.5) is 0 Å². The molecule has 2 aromatic carbocycles. The van der Waals surface area contributed by atoms with Crippen LogP contribution in [-0.2, 0) is 4.84 Å². The molecule has 0 saturated carbocycles. The van der Waals surface area contributed by atoms with Crippen molar-refractivity contribution >= 4 is 5.78 Å². The number of hydrogen-bond donors (Lipinski definition) is 0. The van der Waals surface area contributed by atoms with Crippen LogP contribution in [0.15, 0.2) is 54.6 Å². The molecule has 4 nitrogen and oxygen atoms in total. The van der Waals surface area contributed by atoms with E-state index >= 15 is 0 Å². The van der Waals surface area contributed by atoms with Crippen molar-refractivity contribution < 1.29 is 14.4 Å². The van der Waals surface area contributed by atoms with Gasteiger partial charge in [-0.2, -0.15) is 5.06 Å². The number of Topliss-reactive ketones (excluding diaryl/α,β-unsaturated/α-hetero) is 1. The van der Waals surface area contributed by atoms with Gasteiger partial charge in [-0.05, 0) is 31.5 Å². The second kappa shape index (κ2) is 5.16. The average Bonchev–Trinajstić information content (AvgIpc) is 2.93. The molecular formula is C20H21NO3. The van der Waals surface area contributed by atoms with Gasteiger partial charge in [0.25, 0.3) is 0 Å². The predicted molar refractivity (Wildman–Crippen MR) is 90.9 cm³/mol. The van der Waals surface area contributed by atoms with Crippen molar-refractivity contribution in [1.82, 2.24) is 5.06 Å². The molecule has 0 radical (unpaired) electrons. The summed E-state index contributed by atoms with van der Waals surface area (Å²) in [5.74, 6) is 0.632. The van der Waals surface area contributed by atoms with Crippen LogP contribution in [0.2, 0.25) is 0 Å². The number of hydrogen-bond acceptors (Lipinski definition) is 4. The van der Waals surface area contributed by atoms with E-state index < -0.39 is 11.2 Å². The number of rotatable bonds is 1. The van der Waals surface area contributed by atoms with Gasteiger partial charge < -0.3 is 4.74 Å². The lowest BCUT2D eigenvalue weighted by molar-refractivity contribution is -0.220. The number of carbonyl (C=O) groups excluding carboxylic acids is 1. The Balaban J connectivity index is 1.79. The van der Waals surface area contributed by atoms with Crippen molar-refractivity contribution in [3.05, 3.63) is 65.7 Å². The average molecular weight is 323 g/mol. The zero-order valence-corrected chi connectivity index (χ0v) is 14.2. The molecule has 124 valence electrons.